The highest BCUT2D eigenvalue weighted by molar-refractivity contribution is 5.78. The van der Waals surface area contributed by atoms with Gasteiger partial charge in [-0.3, -0.25) is 9.59 Å². The molecule has 0 spiro atoms. The Bertz CT molecular complexity index is 539. The lowest BCUT2D eigenvalue weighted by Crippen LogP contribution is -2.40. The number of amides is 1. The highest BCUT2D eigenvalue weighted by Crippen LogP contribution is 2.26. The Morgan fingerprint density at radius 3 is 2.71 bits per heavy atom. The van der Waals surface area contributed by atoms with Crippen LogP contribution >= 0.6 is 0 Å². The molecule has 1 aliphatic carbocycles. The van der Waals surface area contributed by atoms with Gasteiger partial charge in [-0.15, -0.1) is 0 Å². The van der Waals surface area contributed by atoms with Gasteiger partial charge in [-0.2, -0.15) is 0 Å². The number of carbonyl (C=O) groups is 2. The molecular weight excluding hydrogens is 266 g/mol. The van der Waals surface area contributed by atoms with Gasteiger partial charge in [0.05, 0.1) is 5.92 Å². The van der Waals surface area contributed by atoms with E-state index < -0.39 is 11.9 Å². The molecule has 0 aliphatic heterocycles. The molecule has 2 atom stereocenters. The lowest BCUT2D eigenvalue weighted by atomic mass is 10.0. The summed E-state index contributed by atoms with van der Waals surface area (Å²) >= 11 is 0. The fourth-order valence-corrected chi connectivity index (χ4v) is 3.08. The number of carboxylic acids is 1. The van der Waals surface area contributed by atoms with Gasteiger partial charge in [-0.05, 0) is 44.2 Å². The zero-order chi connectivity index (χ0) is 15.4. The second-order valence-corrected chi connectivity index (χ2v) is 5.98. The first-order valence-corrected chi connectivity index (χ1v) is 7.55. The van der Waals surface area contributed by atoms with Crippen molar-refractivity contribution in [2.75, 3.05) is 0 Å². The highest BCUT2D eigenvalue weighted by Gasteiger charge is 2.33. The van der Waals surface area contributed by atoms with Gasteiger partial charge < -0.3 is 10.4 Å². The SMILES string of the molecule is Cc1ccc(CCC(=O)N[C@@H]2CCC[C@@H]2C(=O)O)c(C)c1. The average Bonchev–Trinajstić information content (AvgIpc) is 2.86. The second kappa shape index (κ2) is 6.74. The van der Waals surface area contributed by atoms with Gasteiger partial charge in [0.15, 0.2) is 0 Å². The molecule has 0 heterocycles. The van der Waals surface area contributed by atoms with Gasteiger partial charge in [0.2, 0.25) is 5.91 Å². The third-order valence-corrected chi connectivity index (χ3v) is 4.30. The van der Waals surface area contributed by atoms with Crippen molar-refractivity contribution in [3.8, 4) is 0 Å². The number of benzene rings is 1. The zero-order valence-corrected chi connectivity index (χ0v) is 12.7. The quantitative estimate of drug-likeness (QED) is 0.875. The van der Waals surface area contributed by atoms with Crippen molar-refractivity contribution < 1.29 is 14.7 Å². The van der Waals surface area contributed by atoms with E-state index in [2.05, 4.69) is 37.4 Å². The summed E-state index contributed by atoms with van der Waals surface area (Å²) in [6.45, 7) is 4.10. The molecule has 4 nitrogen and oxygen atoms in total. The molecule has 0 saturated heterocycles. The van der Waals surface area contributed by atoms with E-state index in [0.717, 1.165) is 12.8 Å². The van der Waals surface area contributed by atoms with Gasteiger partial charge in [0.25, 0.3) is 0 Å². The van der Waals surface area contributed by atoms with Crippen LogP contribution in [0.4, 0.5) is 0 Å². The zero-order valence-electron chi connectivity index (χ0n) is 12.7. The summed E-state index contributed by atoms with van der Waals surface area (Å²) in [5.41, 5.74) is 3.60. The first kappa shape index (κ1) is 15.5. The van der Waals surface area contributed by atoms with Gasteiger partial charge in [-0.25, -0.2) is 0 Å². The van der Waals surface area contributed by atoms with Crippen molar-refractivity contribution >= 4 is 11.9 Å². The Labute approximate surface area is 125 Å². The number of hydrogen-bond donors (Lipinski definition) is 2. The van der Waals surface area contributed by atoms with Crippen molar-refractivity contribution in [1.82, 2.24) is 5.32 Å². The van der Waals surface area contributed by atoms with E-state index in [-0.39, 0.29) is 11.9 Å². The Balaban J connectivity index is 1.86. The average molecular weight is 289 g/mol. The third-order valence-electron chi connectivity index (χ3n) is 4.30. The standard InChI is InChI=1S/C17H23NO3/c1-11-6-7-13(12(2)10-11)8-9-16(19)18-15-5-3-4-14(15)17(20)21/h6-7,10,14-15H,3-5,8-9H2,1-2H3,(H,18,19)(H,20,21)/t14-,15+/m0/s1. The summed E-state index contributed by atoms with van der Waals surface area (Å²) in [6.07, 6.45) is 3.41. The first-order chi connectivity index (χ1) is 9.97. The molecule has 2 N–H and O–H groups in total. The van der Waals surface area contributed by atoms with Crippen LogP contribution in [-0.4, -0.2) is 23.0 Å². The first-order valence-electron chi connectivity index (χ1n) is 7.55. The molecule has 21 heavy (non-hydrogen) atoms. The fourth-order valence-electron chi connectivity index (χ4n) is 3.08. The summed E-state index contributed by atoms with van der Waals surface area (Å²) in [5.74, 6) is -1.27. The second-order valence-electron chi connectivity index (χ2n) is 5.98. The highest BCUT2D eigenvalue weighted by atomic mass is 16.4. The largest absolute Gasteiger partial charge is 0.481 e. The molecule has 0 aromatic heterocycles. The summed E-state index contributed by atoms with van der Waals surface area (Å²) < 4.78 is 0. The van der Waals surface area contributed by atoms with Crippen molar-refractivity contribution in [2.45, 2.75) is 52.0 Å². The molecule has 1 aromatic carbocycles. The molecule has 1 aliphatic rings. The molecular formula is C17H23NO3. The van der Waals surface area contributed by atoms with Crippen molar-refractivity contribution in [3.05, 3.63) is 34.9 Å². The molecule has 4 heteroatoms. The number of aryl methyl sites for hydroxylation is 3. The molecule has 1 fully saturated rings. The molecule has 114 valence electrons. The lowest BCUT2D eigenvalue weighted by Gasteiger charge is -2.17. The van der Waals surface area contributed by atoms with E-state index in [9.17, 15) is 9.59 Å². The van der Waals surface area contributed by atoms with Gasteiger partial charge >= 0.3 is 5.97 Å². The Morgan fingerprint density at radius 1 is 1.29 bits per heavy atom. The maximum atomic E-state index is 12.0. The number of carboxylic acid groups (broad SMARTS) is 1. The van der Waals surface area contributed by atoms with Gasteiger partial charge in [0, 0.05) is 12.5 Å². The number of hydrogen-bond acceptors (Lipinski definition) is 2. The van der Waals surface area contributed by atoms with Crippen LogP contribution in [-0.2, 0) is 16.0 Å². The van der Waals surface area contributed by atoms with Gasteiger partial charge in [-0.1, -0.05) is 30.2 Å². The number of nitrogens with one attached hydrogen (secondary N) is 1. The van der Waals surface area contributed by atoms with E-state index in [1.807, 2.05) is 0 Å². The van der Waals surface area contributed by atoms with Crippen LogP contribution in [0.25, 0.3) is 0 Å². The summed E-state index contributed by atoms with van der Waals surface area (Å²) in [4.78, 5) is 23.1. The normalized spacial score (nSPS) is 21.2. The minimum atomic E-state index is -0.799. The van der Waals surface area contributed by atoms with Crippen LogP contribution in [0.3, 0.4) is 0 Å². The van der Waals surface area contributed by atoms with E-state index in [1.54, 1.807) is 0 Å². The predicted octanol–water partition coefficient (Wildman–Crippen LogP) is 2.61. The van der Waals surface area contributed by atoms with Crippen LogP contribution in [0, 0.1) is 19.8 Å². The predicted molar refractivity (Wildman–Crippen MR) is 81.1 cm³/mol. The van der Waals surface area contributed by atoms with Gasteiger partial charge in [0.1, 0.15) is 0 Å². The molecule has 2 rings (SSSR count). The van der Waals surface area contributed by atoms with Crippen molar-refractivity contribution in [3.63, 3.8) is 0 Å². The molecule has 1 aromatic rings. The van der Waals surface area contributed by atoms with E-state index in [0.29, 0.717) is 19.3 Å². The van der Waals surface area contributed by atoms with Crippen LogP contribution in [0.5, 0.6) is 0 Å². The topological polar surface area (TPSA) is 66.4 Å². The maximum Gasteiger partial charge on any atom is 0.308 e. The summed E-state index contributed by atoms with van der Waals surface area (Å²) in [7, 11) is 0. The minimum Gasteiger partial charge on any atom is -0.481 e. The van der Waals surface area contributed by atoms with E-state index in [4.69, 9.17) is 5.11 Å². The molecule has 0 radical (unpaired) electrons. The summed E-state index contributed by atoms with van der Waals surface area (Å²) in [6, 6.07) is 6.03. The van der Waals surface area contributed by atoms with Crippen molar-refractivity contribution in [1.29, 1.82) is 0 Å². The lowest BCUT2D eigenvalue weighted by molar-refractivity contribution is -0.142. The molecule has 1 saturated carbocycles. The maximum absolute atomic E-state index is 12.0. The van der Waals surface area contributed by atoms with Crippen LogP contribution in [0.15, 0.2) is 18.2 Å². The Kier molecular flexibility index (Phi) is 4.99. The summed E-state index contributed by atoms with van der Waals surface area (Å²) in [5, 5.41) is 12.0. The van der Waals surface area contributed by atoms with E-state index in [1.165, 1.54) is 16.7 Å². The minimum absolute atomic E-state index is 0.0480. The Morgan fingerprint density at radius 2 is 2.05 bits per heavy atom. The van der Waals surface area contributed by atoms with Crippen LogP contribution < -0.4 is 5.32 Å². The molecule has 1 amide bonds. The molecule has 0 bridgehead atoms. The van der Waals surface area contributed by atoms with Crippen molar-refractivity contribution in [2.24, 2.45) is 5.92 Å². The fraction of sp³-hybridized carbons (Fsp3) is 0.529. The van der Waals surface area contributed by atoms with Crippen LogP contribution in [0.2, 0.25) is 0 Å². The number of carbonyl (C=O) groups excluding carboxylic acids is 1. The monoisotopic (exact) mass is 289 g/mol. The number of rotatable bonds is 5. The van der Waals surface area contributed by atoms with Crippen LogP contribution in [0.1, 0.15) is 42.4 Å². The smallest absolute Gasteiger partial charge is 0.308 e. The van der Waals surface area contributed by atoms with E-state index >= 15 is 0 Å². The molecule has 0 unspecified atom stereocenters. The third kappa shape index (κ3) is 4.06. The Hall–Kier alpha value is -1.84. The number of aliphatic carboxylic acids is 1.